The van der Waals surface area contributed by atoms with E-state index >= 15 is 0 Å². The van der Waals surface area contributed by atoms with Crippen LogP contribution < -0.4 is 11.1 Å². The van der Waals surface area contributed by atoms with Crippen molar-refractivity contribution < 1.29 is 4.79 Å². The number of nitrogens with zero attached hydrogens (tertiary/aromatic N) is 3. The normalized spacial score (nSPS) is 17.3. The van der Waals surface area contributed by atoms with E-state index in [1.165, 1.54) is 11.3 Å². The summed E-state index contributed by atoms with van der Waals surface area (Å²) in [6.45, 7) is 9.43. The number of nitrogen functional groups attached to an aromatic ring is 1. The van der Waals surface area contributed by atoms with Gasteiger partial charge in [0, 0.05) is 31.7 Å². The van der Waals surface area contributed by atoms with Crippen LogP contribution in [0.3, 0.4) is 0 Å². The van der Waals surface area contributed by atoms with Crippen molar-refractivity contribution >= 4 is 28.2 Å². The molecule has 0 atom stereocenters. The van der Waals surface area contributed by atoms with Crippen LogP contribution in [0.4, 0.5) is 10.9 Å². The minimum absolute atomic E-state index is 0.00457. The lowest BCUT2D eigenvalue weighted by Gasteiger charge is -2.32. The molecule has 0 radical (unpaired) electrons. The molecule has 7 heteroatoms. The van der Waals surface area contributed by atoms with Crippen molar-refractivity contribution in [2.24, 2.45) is 0 Å². The molecule has 2 heterocycles. The molecular weight excluding hydrogens is 274 g/mol. The van der Waals surface area contributed by atoms with Crippen LogP contribution in [-0.2, 0) is 0 Å². The summed E-state index contributed by atoms with van der Waals surface area (Å²) in [4.78, 5) is 21.3. The van der Waals surface area contributed by atoms with E-state index in [0.717, 1.165) is 26.2 Å². The third-order valence-electron chi connectivity index (χ3n) is 3.12. The van der Waals surface area contributed by atoms with Crippen molar-refractivity contribution in [2.45, 2.75) is 26.3 Å². The van der Waals surface area contributed by atoms with Gasteiger partial charge in [-0.3, -0.25) is 4.79 Å². The van der Waals surface area contributed by atoms with Crippen LogP contribution in [0, 0.1) is 0 Å². The molecule has 112 valence electrons. The number of hydrogen-bond acceptors (Lipinski definition) is 6. The van der Waals surface area contributed by atoms with Crippen LogP contribution in [0.15, 0.2) is 0 Å². The van der Waals surface area contributed by atoms with E-state index < -0.39 is 0 Å². The highest BCUT2D eigenvalue weighted by atomic mass is 32.1. The molecule has 1 aromatic rings. The molecule has 1 aliphatic heterocycles. The summed E-state index contributed by atoms with van der Waals surface area (Å²) in [7, 11) is 2.06. The molecule has 1 fully saturated rings. The summed E-state index contributed by atoms with van der Waals surface area (Å²) in [5.41, 5.74) is 5.80. The zero-order valence-corrected chi connectivity index (χ0v) is 13.4. The quantitative estimate of drug-likeness (QED) is 0.861. The maximum absolute atomic E-state index is 12.5. The average Bonchev–Trinajstić information content (AvgIpc) is 2.67. The fraction of sp³-hybridized carbons (Fsp3) is 0.692. The molecule has 20 heavy (non-hydrogen) atoms. The fourth-order valence-corrected chi connectivity index (χ4v) is 3.07. The molecule has 2 rings (SSSR count). The molecule has 0 saturated carbocycles. The van der Waals surface area contributed by atoms with Crippen LogP contribution in [0.2, 0.25) is 0 Å². The van der Waals surface area contributed by atoms with E-state index in [-0.39, 0.29) is 11.4 Å². The van der Waals surface area contributed by atoms with Crippen LogP contribution in [0.1, 0.15) is 30.4 Å². The Bertz CT molecular complexity index is 485. The number of likely N-dealkylation sites (N-methyl/N-ethyl adjacent to an activating group) is 1. The number of carbonyl (C=O) groups is 1. The topological polar surface area (TPSA) is 74.5 Å². The van der Waals surface area contributed by atoms with Gasteiger partial charge in [0.1, 0.15) is 10.7 Å². The van der Waals surface area contributed by atoms with E-state index in [2.05, 4.69) is 22.2 Å². The third-order valence-corrected chi connectivity index (χ3v) is 4.09. The minimum atomic E-state index is -0.0988. The van der Waals surface area contributed by atoms with Gasteiger partial charge in [-0.25, -0.2) is 4.98 Å². The number of nitrogens with one attached hydrogen (secondary N) is 1. The first-order valence-electron chi connectivity index (χ1n) is 6.78. The van der Waals surface area contributed by atoms with Gasteiger partial charge in [-0.05, 0) is 27.8 Å². The highest BCUT2D eigenvalue weighted by Crippen LogP contribution is 2.28. The van der Waals surface area contributed by atoms with Gasteiger partial charge in [0.05, 0.1) is 0 Å². The maximum Gasteiger partial charge on any atom is 0.267 e. The van der Waals surface area contributed by atoms with Gasteiger partial charge in [-0.2, -0.15) is 0 Å². The molecule has 3 N–H and O–H groups in total. The fourth-order valence-electron chi connectivity index (χ4n) is 2.01. The Kier molecular flexibility index (Phi) is 4.19. The lowest BCUT2D eigenvalue weighted by atomic mass is 10.1. The van der Waals surface area contributed by atoms with E-state index in [9.17, 15) is 4.79 Å². The second-order valence-electron chi connectivity index (χ2n) is 6.20. The van der Waals surface area contributed by atoms with E-state index in [1.54, 1.807) is 0 Å². The highest BCUT2D eigenvalue weighted by molar-refractivity contribution is 7.18. The number of hydrogen-bond donors (Lipinski definition) is 2. The SMILES string of the molecule is CN1CCN(C(=O)c2sc(NC(C)(C)C)nc2N)CC1. The summed E-state index contributed by atoms with van der Waals surface area (Å²) in [5.74, 6) is 0.320. The van der Waals surface area contributed by atoms with Crippen molar-refractivity contribution in [1.82, 2.24) is 14.8 Å². The number of aromatic nitrogens is 1. The van der Waals surface area contributed by atoms with Gasteiger partial charge in [0.25, 0.3) is 5.91 Å². The van der Waals surface area contributed by atoms with Crippen molar-refractivity contribution in [3.63, 3.8) is 0 Å². The Morgan fingerprint density at radius 1 is 1.30 bits per heavy atom. The Morgan fingerprint density at radius 2 is 1.90 bits per heavy atom. The first kappa shape index (κ1) is 15.1. The average molecular weight is 297 g/mol. The summed E-state index contributed by atoms with van der Waals surface area (Å²) in [5, 5.41) is 3.96. The Hall–Kier alpha value is -1.34. The van der Waals surface area contributed by atoms with Crippen molar-refractivity contribution in [3.05, 3.63) is 4.88 Å². The number of anilines is 2. The second kappa shape index (κ2) is 5.57. The molecule has 6 nitrogen and oxygen atoms in total. The van der Waals surface area contributed by atoms with Gasteiger partial charge in [-0.1, -0.05) is 11.3 Å². The standard InChI is InChI=1S/C13H23N5OS/c1-13(2,3)16-12-15-10(14)9(20-12)11(19)18-7-5-17(4)6-8-18/h5-8,14H2,1-4H3,(H,15,16). The predicted molar refractivity (Wildman–Crippen MR) is 83.3 cm³/mol. The first-order valence-corrected chi connectivity index (χ1v) is 7.60. The summed E-state index contributed by atoms with van der Waals surface area (Å²) in [6, 6.07) is 0. The molecule has 0 bridgehead atoms. The summed E-state index contributed by atoms with van der Waals surface area (Å²) < 4.78 is 0. The first-order chi connectivity index (χ1) is 9.26. The molecule has 1 aromatic heterocycles. The van der Waals surface area contributed by atoms with Crippen LogP contribution in [0.25, 0.3) is 0 Å². The van der Waals surface area contributed by atoms with Crippen molar-refractivity contribution in [2.75, 3.05) is 44.3 Å². The zero-order valence-electron chi connectivity index (χ0n) is 12.6. The molecule has 0 unspecified atom stereocenters. The molecule has 0 spiro atoms. The Balaban J connectivity index is 2.10. The number of amides is 1. The molecular formula is C13H23N5OS. The van der Waals surface area contributed by atoms with Gasteiger partial charge in [0.15, 0.2) is 5.13 Å². The molecule has 1 saturated heterocycles. The van der Waals surface area contributed by atoms with Crippen molar-refractivity contribution in [3.8, 4) is 0 Å². The monoisotopic (exact) mass is 297 g/mol. The summed E-state index contributed by atoms with van der Waals surface area (Å²) in [6.07, 6.45) is 0. The van der Waals surface area contributed by atoms with Gasteiger partial charge in [0.2, 0.25) is 0 Å². The molecule has 1 amide bonds. The lowest BCUT2D eigenvalue weighted by molar-refractivity contribution is 0.0670. The number of carbonyl (C=O) groups excluding carboxylic acids is 1. The lowest BCUT2D eigenvalue weighted by Crippen LogP contribution is -2.47. The molecule has 1 aliphatic rings. The van der Waals surface area contributed by atoms with Crippen LogP contribution in [-0.4, -0.2) is 59.5 Å². The smallest absolute Gasteiger partial charge is 0.267 e. The van der Waals surface area contributed by atoms with Crippen LogP contribution in [0.5, 0.6) is 0 Å². The van der Waals surface area contributed by atoms with Gasteiger partial charge >= 0.3 is 0 Å². The number of piperazine rings is 1. The molecule has 0 aromatic carbocycles. The predicted octanol–water partition coefficient (Wildman–Crippen LogP) is 1.32. The minimum Gasteiger partial charge on any atom is -0.382 e. The number of thiazole rings is 1. The molecule has 0 aliphatic carbocycles. The number of nitrogens with two attached hydrogens (primary N) is 1. The van der Waals surface area contributed by atoms with E-state index in [4.69, 9.17) is 5.73 Å². The Morgan fingerprint density at radius 3 is 2.45 bits per heavy atom. The largest absolute Gasteiger partial charge is 0.382 e. The highest BCUT2D eigenvalue weighted by Gasteiger charge is 2.25. The van der Waals surface area contributed by atoms with E-state index in [0.29, 0.717) is 15.8 Å². The maximum atomic E-state index is 12.5. The van der Waals surface area contributed by atoms with E-state index in [1.807, 2.05) is 25.7 Å². The second-order valence-corrected chi connectivity index (χ2v) is 7.20. The van der Waals surface area contributed by atoms with Gasteiger partial charge < -0.3 is 20.9 Å². The van der Waals surface area contributed by atoms with Crippen LogP contribution >= 0.6 is 11.3 Å². The third kappa shape index (κ3) is 3.61. The zero-order chi connectivity index (χ0) is 14.9. The Labute approximate surface area is 124 Å². The summed E-state index contributed by atoms with van der Waals surface area (Å²) >= 11 is 1.34. The van der Waals surface area contributed by atoms with Gasteiger partial charge in [-0.15, -0.1) is 0 Å². The number of rotatable bonds is 2. The van der Waals surface area contributed by atoms with Crippen molar-refractivity contribution in [1.29, 1.82) is 0 Å².